The highest BCUT2D eigenvalue weighted by atomic mass is 16.4. The molecule has 4 unspecified atom stereocenters. The van der Waals surface area contributed by atoms with Crippen molar-refractivity contribution in [2.75, 3.05) is 0 Å². The van der Waals surface area contributed by atoms with Gasteiger partial charge in [-0.05, 0) is 48.1 Å². The number of aromatic amines is 1. The molecular formula is C31H39N5O8. The number of para-hydroxylation sites is 1. The number of H-pyrrole nitrogens is 1. The summed E-state index contributed by atoms with van der Waals surface area (Å²) in [6, 6.07) is 8.46. The second kappa shape index (κ2) is 15.5. The van der Waals surface area contributed by atoms with Gasteiger partial charge in [0, 0.05) is 36.4 Å². The number of nitrogens with one attached hydrogen (secondary N) is 4. The molecule has 236 valence electrons. The van der Waals surface area contributed by atoms with E-state index in [0.29, 0.717) is 11.1 Å². The highest BCUT2D eigenvalue weighted by Crippen LogP contribution is 2.20. The third-order valence-electron chi connectivity index (χ3n) is 7.07. The van der Waals surface area contributed by atoms with Crippen LogP contribution in [-0.2, 0) is 36.8 Å². The Labute approximate surface area is 254 Å². The molecule has 9 N–H and O–H groups in total. The van der Waals surface area contributed by atoms with Crippen molar-refractivity contribution in [3.05, 3.63) is 65.9 Å². The van der Waals surface area contributed by atoms with E-state index in [2.05, 4.69) is 20.9 Å². The number of nitrogens with two attached hydrogens (primary N) is 1. The zero-order chi connectivity index (χ0) is 32.4. The number of carbonyl (C=O) groups is 5. The van der Waals surface area contributed by atoms with Crippen molar-refractivity contribution in [2.24, 2.45) is 11.7 Å². The van der Waals surface area contributed by atoms with Crippen molar-refractivity contribution in [1.29, 1.82) is 0 Å². The number of aromatic nitrogens is 1. The SMILES string of the molecule is CC(C)CC(NC(=O)C(Cc1c[nH]c2ccccc12)NC(=O)C(Cc1ccc(O)cc1)NC(=O)C(N)CCC(=O)O)C(=O)O. The van der Waals surface area contributed by atoms with Crippen LogP contribution in [0.25, 0.3) is 10.9 Å². The quantitative estimate of drug-likeness (QED) is 0.117. The van der Waals surface area contributed by atoms with E-state index in [-0.39, 0.29) is 43.8 Å². The first-order valence-corrected chi connectivity index (χ1v) is 14.3. The van der Waals surface area contributed by atoms with Gasteiger partial charge in [-0.2, -0.15) is 0 Å². The van der Waals surface area contributed by atoms with Crippen molar-refractivity contribution in [3.8, 4) is 5.75 Å². The van der Waals surface area contributed by atoms with E-state index < -0.39 is 53.8 Å². The van der Waals surface area contributed by atoms with Crippen LogP contribution in [0.15, 0.2) is 54.7 Å². The number of phenols is 1. The Morgan fingerprint density at radius 2 is 1.41 bits per heavy atom. The van der Waals surface area contributed by atoms with Crippen molar-refractivity contribution < 1.29 is 39.3 Å². The number of aromatic hydroxyl groups is 1. The van der Waals surface area contributed by atoms with E-state index in [1.807, 2.05) is 38.1 Å². The van der Waals surface area contributed by atoms with E-state index in [0.717, 1.165) is 10.9 Å². The minimum Gasteiger partial charge on any atom is -0.508 e. The molecule has 3 amide bonds. The Hall–Kier alpha value is -4.91. The van der Waals surface area contributed by atoms with Gasteiger partial charge in [0.15, 0.2) is 0 Å². The number of amides is 3. The largest absolute Gasteiger partial charge is 0.508 e. The number of carboxylic acids is 2. The van der Waals surface area contributed by atoms with E-state index in [1.165, 1.54) is 12.1 Å². The molecule has 4 atom stereocenters. The van der Waals surface area contributed by atoms with Crippen molar-refractivity contribution >= 4 is 40.6 Å². The van der Waals surface area contributed by atoms with E-state index >= 15 is 0 Å². The van der Waals surface area contributed by atoms with E-state index in [4.69, 9.17) is 10.8 Å². The first kappa shape index (κ1) is 33.6. The number of fused-ring (bicyclic) bond motifs is 1. The van der Waals surface area contributed by atoms with Gasteiger partial charge < -0.3 is 42.0 Å². The molecule has 0 saturated carbocycles. The molecule has 0 bridgehead atoms. The molecule has 0 aliphatic carbocycles. The molecule has 3 aromatic rings. The summed E-state index contributed by atoms with van der Waals surface area (Å²) in [5.41, 5.74) is 7.96. The third-order valence-corrected chi connectivity index (χ3v) is 7.07. The van der Waals surface area contributed by atoms with Gasteiger partial charge in [-0.15, -0.1) is 0 Å². The zero-order valence-corrected chi connectivity index (χ0v) is 24.6. The van der Waals surface area contributed by atoms with Crippen molar-refractivity contribution in [2.45, 2.75) is 70.1 Å². The number of hydrogen-bond acceptors (Lipinski definition) is 7. The van der Waals surface area contributed by atoms with Gasteiger partial charge in [0.1, 0.15) is 23.9 Å². The summed E-state index contributed by atoms with van der Waals surface area (Å²) in [6.07, 6.45) is 1.33. The van der Waals surface area contributed by atoms with Crippen LogP contribution in [0.5, 0.6) is 5.75 Å². The van der Waals surface area contributed by atoms with Gasteiger partial charge in [-0.3, -0.25) is 19.2 Å². The smallest absolute Gasteiger partial charge is 0.326 e. The second-order valence-corrected chi connectivity index (χ2v) is 11.1. The minimum absolute atomic E-state index is 0.000624. The number of carboxylic acid groups (broad SMARTS) is 2. The van der Waals surface area contributed by atoms with Gasteiger partial charge in [-0.25, -0.2) is 4.79 Å². The van der Waals surface area contributed by atoms with Crippen LogP contribution in [0.4, 0.5) is 0 Å². The molecule has 0 spiro atoms. The standard InChI is InChI=1S/C31H39N5O8/c1-17(2)13-26(31(43)44)36-30(42)25(15-19-16-33-23-6-4-3-5-21(19)23)35-29(41)24(14-18-7-9-20(37)10-8-18)34-28(40)22(32)11-12-27(38)39/h3-10,16-17,22,24-26,33,37H,11-15,32H2,1-2H3,(H,34,40)(H,35,41)(H,36,42)(H,38,39)(H,43,44). The van der Waals surface area contributed by atoms with Crippen LogP contribution in [0.3, 0.4) is 0 Å². The molecule has 0 aliphatic heterocycles. The molecule has 13 heteroatoms. The fourth-order valence-electron chi connectivity index (χ4n) is 4.73. The predicted octanol–water partition coefficient (Wildman–Crippen LogP) is 1.44. The van der Waals surface area contributed by atoms with Crippen LogP contribution in [0, 0.1) is 5.92 Å². The molecule has 0 aliphatic rings. The number of aliphatic carboxylic acids is 2. The summed E-state index contributed by atoms with van der Waals surface area (Å²) in [7, 11) is 0. The minimum atomic E-state index is -1.24. The van der Waals surface area contributed by atoms with Gasteiger partial charge >= 0.3 is 11.9 Å². The number of phenolic OH excluding ortho intramolecular Hbond substituents is 1. The van der Waals surface area contributed by atoms with Gasteiger partial charge in [-0.1, -0.05) is 44.2 Å². The van der Waals surface area contributed by atoms with Crippen LogP contribution >= 0.6 is 0 Å². The highest BCUT2D eigenvalue weighted by Gasteiger charge is 2.31. The molecular weight excluding hydrogens is 570 g/mol. The number of carbonyl (C=O) groups excluding carboxylic acids is 3. The lowest BCUT2D eigenvalue weighted by molar-refractivity contribution is -0.143. The number of hydrogen-bond donors (Lipinski definition) is 8. The summed E-state index contributed by atoms with van der Waals surface area (Å²) >= 11 is 0. The van der Waals surface area contributed by atoms with Crippen LogP contribution < -0.4 is 21.7 Å². The maximum atomic E-state index is 13.7. The number of benzene rings is 2. The molecule has 0 radical (unpaired) electrons. The fraction of sp³-hybridized carbons (Fsp3) is 0.387. The second-order valence-electron chi connectivity index (χ2n) is 11.1. The Morgan fingerprint density at radius 1 is 0.818 bits per heavy atom. The van der Waals surface area contributed by atoms with Crippen LogP contribution in [0.2, 0.25) is 0 Å². The van der Waals surface area contributed by atoms with Gasteiger partial charge in [0.2, 0.25) is 17.7 Å². The highest BCUT2D eigenvalue weighted by molar-refractivity contribution is 5.95. The lowest BCUT2D eigenvalue weighted by atomic mass is 10.00. The van der Waals surface area contributed by atoms with E-state index in [9.17, 15) is 34.2 Å². The first-order chi connectivity index (χ1) is 20.8. The Morgan fingerprint density at radius 3 is 2.02 bits per heavy atom. The Kier molecular flexibility index (Phi) is 11.9. The molecule has 1 aromatic heterocycles. The van der Waals surface area contributed by atoms with Crippen molar-refractivity contribution in [1.82, 2.24) is 20.9 Å². The first-order valence-electron chi connectivity index (χ1n) is 14.3. The van der Waals surface area contributed by atoms with Gasteiger partial charge in [0.25, 0.3) is 0 Å². The fourth-order valence-corrected chi connectivity index (χ4v) is 4.73. The molecule has 3 rings (SSSR count). The lowest BCUT2D eigenvalue weighted by Crippen LogP contribution is -2.58. The monoisotopic (exact) mass is 609 g/mol. The molecule has 44 heavy (non-hydrogen) atoms. The lowest BCUT2D eigenvalue weighted by Gasteiger charge is -2.26. The normalized spacial score (nSPS) is 13.9. The molecule has 0 saturated heterocycles. The van der Waals surface area contributed by atoms with Crippen LogP contribution in [0.1, 0.15) is 44.2 Å². The molecule has 0 fully saturated rings. The average molecular weight is 610 g/mol. The third kappa shape index (κ3) is 9.83. The Bertz CT molecular complexity index is 1470. The maximum Gasteiger partial charge on any atom is 0.326 e. The maximum absolute atomic E-state index is 13.7. The summed E-state index contributed by atoms with van der Waals surface area (Å²) in [6.45, 7) is 3.65. The summed E-state index contributed by atoms with van der Waals surface area (Å²) in [5.74, 6) is -4.60. The molecule has 1 heterocycles. The van der Waals surface area contributed by atoms with Crippen LogP contribution in [-0.4, -0.2) is 74.1 Å². The summed E-state index contributed by atoms with van der Waals surface area (Å²) in [5, 5.41) is 36.9. The van der Waals surface area contributed by atoms with Crippen molar-refractivity contribution in [3.63, 3.8) is 0 Å². The van der Waals surface area contributed by atoms with E-state index in [1.54, 1.807) is 18.3 Å². The topological polar surface area (TPSA) is 224 Å². The average Bonchev–Trinajstić information content (AvgIpc) is 3.38. The zero-order valence-electron chi connectivity index (χ0n) is 24.6. The molecule has 2 aromatic carbocycles. The summed E-state index contributed by atoms with van der Waals surface area (Å²) in [4.78, 5) is 66.1. The Balaban J connectivity index is 1.90. The molecule has 13 nitrogen and oxygen atoms in total. The predicted molar refractivity (Wildman–Crippen MR) is 162 cm³/mol. The van der Waals surface area contributed by atoms with Gasteiger partial charge in [0.05, 0.1) is 6.04 Å². The summed E-state index contributed by atoms with van der Waals surface area (Å²) < 4.78 is 0. The number of rotatable bonds is 16.